The number of nitrogens with two attached hydrogens (primary N) is 1. The van der Waals surface area contributed by atoms with Gasteiger partial charge in [-0.1, -0.05) is 24.3 Å². The summed E-state index contributed by atoms with van der Waals surface area (Å²) in [5.74, 6) is 0. The highest BCUT2D eigenvalue weighted by molar-refractivity contribution is 5.68. The maximum atomic E-state index is 12.3. The summed E-state index contributed by atoms with van der Waals surface area (Å²) in [6.45, 7) is 7.47. The molecule has 0 saturated carbocycles. The van der Waals surface area contributed by atoms with E-state index >= 15 is 0 Å². The zero-order chi connectivity index (χ0) is 17.4. The molecule has 1 saturated heterocycles. The first-order valence-corrected chi connectivity index (χ1v) is 8.77. The molecule has 3 rings (SSSR count). The molecule has 5 heteroatoms. The lowest BCUT2D eigenvalue weighted by atomic mass is 9.78. The molecule has 24 heavy (non-hydrogen) atoms. The van der Waals surface area contributed by atoms with E-state index < -0.39 is 5.60 Å². The molecule has 2 aliphatic heterocycles. The van der Waals surface area contributed by atoms with Gasteiger partial charge in [0.15, 0.2) is 0 Å². The Bertz CT molecular complexity index is 601. The number of nitrogens with zero attached hydrogens (tertiary/aromatic N) is 1. The van der Waals surface area contributed by atoms with Gasteiger partial charge >= 0.3 is 6.09 Å². The topological polar surface area (TPSA) is 64.8 Å². The molecule has 1 amide bonds. The predicted molar refractivity (Wildman–Crippen MR) is 92.8 cm³/mol. The van der Waals surface area contributed by atoms with Crippen molar-refractivity contribution in [3.05, 3.63) is 35.4 Å². The third kappa shape index (κ3) is 3.42. The van der Waals surface area contributed by atoms with Gasteiger partial charge in [0.1, 0.15) is 5.60 Å². The summed E-state index contributed by atoms with van der Waals surface area (Å²) in [7, 11) is 0. The summed E-state index contributed by atoms with van der Waals surface area (Å²) in [6.07, 6.45) is 2.23. The van der Waals surface area contributed by atoms with Gasteiger partial charge in [0.2, 0.25) is 0 Å². The highest BCUT2D eigenvalue weighted by Crippen LogP contribution is 2.43. The van der Waals surface area contributed by atoms with Gasteiger partial charge in [-0.05, 0) is 44.7 Å². The van der Waals surface area contributed by atoms with Crippen molar-refractivity contribution in [1.82, 2.24) is 4.90 Å². The Morgan fingerprint density at radius 1 is 1.33 bits per heavy atom. The molecular formula is C19H28N2O3. The van der Waals surface area contributed by atoms with Crippen LogP contribution in [0.4, 0.5) is 4.79 Å². The van der Waals surface area contributed by atoms with E-state index in [1.54, 1.807) is 4.90 Å². The minimum absolute atomic E-state index is 0.0491. The maximum absolute atomic E-state index is 12.3. The zero-order valence-corrected chi connectivity index (χ0v) is 14.9. The molecular weight excluding hydrogens is 304 g/mol. The molecule has 2 aliphatic rings. The average molecular weight is 332 g/mol. The van der Waals surface area contributed by atoms with Crippen molar-refractivity contribution in [2.75, 3.05) is 19.6 Å². The molecule has 2 heterocycles. The van der Waals surface area contributed by atoms with E-state index in [-0.39, 0.29) is 17.8 Å². The monoisotopic (exact) mass is 332 g/mol. The van der Waals surface area contributed by atoms with E-state index in [4.69, 9.17) is 15.2 Å². The Labute approximate surface area is 144 Å². The summed E-state index contributed by atoms with van der Waals surface area (Å²) < 4.78 is 11.9. The maximum Gasteiger partial charge on any atom is 0.410 e. The Kier molecular flexibility index (Phi) is 4.58. The van der Waals surface area contributed by atoms with Crippen molar-refractivity contribution in [3.8, 4) is 0 Å². The highest BCUT2D eigenvalue weighted by atomic mass is 16.6. The third-order valence-electron chi connectivity index (χ3n) is 4.83. The van der Waals surface area contributed by atoms with E-state index in [0.717, 1.165) is 19.3 Å². The molecule has 0 aromatic heterocycles. The summed E-state index contributed by atoms with van der Waals surface area (Å²) in [4.78, 5) is 14.1. The van der Waals surface area contributed by atoms with Gasteiger partial charge in [-0.15, -0.1) is 0 Å². The Morgan fingerprint density at radius 2 is 2.00 bits per heavy atom. The second kappa shape index (κ2) is 6.37. The number of hydrogen-bond donors (Lipinski definition) is 1. The van der Waals surface area contributed by atoms with Gasteiger partial charge in [-0.25, -0.2) is 4.79 Å². The number of carbonyl (C=O) groups is 1. The van der Waals surface area contributed by atoms with Crippen molar-refractivity contribution >= 4 is 6.09 Å². The molecule has 1 spiro atoms. The fourth-order valence-corrected chi connectivity index (χ4v) is 3.71. The quantitative estimate of drug-likeness (QED) is 0.859. The van der Waals surface area contributed by atoms with Crippen molar-refractivity contribution < 1.29 is 14.3 Å². The number of ether oxygens (including phenoxy) is 2. The van der Waals surface area contributed by atoms with Crippen LogP contribution < -0.4 is 5.73 Å². The first-order chi connectivity index (χ1) is 11.3. The molecule has 2 N–H and O–H groups in total. The Hall–Kier alpha value is -1.59. The molecule has 1 aromatic carbocycles. The van der Waals surface area contributed by atoms with Crippen LogP contribution in [0.15, 0.2) is 24.3 Å². The van der Waals surface area contributed by atoms with Crippen LogP contribution in [0.1, 0.15) is 44.7 Å². The van der Waals surface area contributed by atoms with Crippen LogP contribution in [0.2, 0.25) is 0 Å². The standard InChI is InChI=1S/C19H28N2O3/c1-18(2,3)24-17(22)21-10-8-19(9-11-21)16-7-5-4-6-14(16)12-15(13-20)23-19/h4-7,15H,8-13,20H2,1-3H3/t15-/m1/s1. The molecule has 5 nitrogen and oxygen atoms in total. The molecule has 1 aromatic rings. The van der Waals surface area contributed by atoms with E-state index in [1.165, 1.54) is 11.1 Å². The molecule has 0 aliphatic carbocycles. The second-order valence-corrected chi connectivity index (χ2v) is 7.80. The largest absolute Gasteiger partial charge is 0.444 e. The lowest BCUT2D eigenvalue weighted by Crippen LogP contribution is -2.52. The first kappa shape index (κ1) is 17.2. The molecule has 0 bridgehead atoms. The van der Waals surface area contributed by atoms with Crippen LogP contribution in [0, 0.1) is 0 Å². The van der Waals surface area contributed by atoms with Gasteiger partial charge in [-0.3, -0.25) is 0 Å². The third-order valence-corrected chi connectivity index (χ3v) is 4.83. The highest BCUT2D eigenvalue weighted by Gasteiger charge is 2.44. The fraction of sp³-hybridized carbons (Fsp3) is 0.632. The number of rotatable bonds is 1. The van der Waals surface area contributed by atoms with Crippen molar-refractivity contribution in [2.24, 2.45) is 5.73 Å². The summed E-state index contributed by atoms with van der Waals surface area (Å²) >= 11 is 0. The number of hydrogen-bond acceptors (Lipinski definition) is 4. The van der Waals surface area contributed by atoms with Crippen molar-refractivity contribution in [1.29, 1.82) is 0 Å². The normalized spacial score (nSPS) is 23.0. The second-order valence-electron chi connectivity index (χ2n) is 7.80. The number of benzene rings is 1. The smallest absolute Gasteiger partial charge is 0.410 e. The molecule has 0 unspecified atom stereocenters. The van der Waals surface area contributed by atoms with Crippen LogP contribution in [0.5, 0.6) is 0 Å². The minimum Gasteiger partial charge on any atom is -0.444 e. The summed E-state index contributed by atoms with van der Waals surface area (Å²) in [5.41, 5.74) is 7.68. The van der Waals surface area contributed by atoms with Crippen LogP contribution in [0.25, 0.3) is 0 Å². The lowest BCUT2D eigenvalue weighted by Gasteiger charge is -2.47. The van der Waals surface area contributed by atoms with Crippen LogP contribution in [-0.4, -0.2) is 42.3 Å². The Balaban J connectivity index is 1.76. The number of amides is 1. The molecule has 132 valence electrons. The van der Waals surface area contributed by atoms with E-state index in [2.05, 4.69) is 24.3 Å². The van der Waals surface area contributed by atoms with Crippen molar-refractivity contribution in [2.45, 2.75) is 57.3 Å². The number of carbonyl (C=O) groups excluding carboxylic acids is 1. The Morgan fingerprint density at radius 3 is 2.62 bits per heavy atom. The fourth-order valence-electron chi connectivity index (χ4n) is 3.71. The summed E-state index contributed by atoms with van der Waals surface area (Å²) in [5, 5.41) is 0. The number of likely N-dealkylation sites (tertiary alicyclic amines) is 1. The van der Waals surface area contributed by atoms with Gasteiger partial charge in [-0.2, -0.15) is 0 Å². The molecule has 1 atom stereocenters. The predicted octanol–water partition coefficient (Wildman–Crippen LogP) is 2.81. The van der Waals surface area contributed by atoms with Gasteiger partial charge in [0.05, 0.1) is 11.7 Å². The average Bonchev–Trinajstić information content (AvgIpc) is 2.54. The van der Waals surface area contributed by atoms with E-state index in [1.807, 2.05) is 20.8 Å². The van der Waals surface area contributed by atoms with E-state index in [0.29, 0.717) is 19.6 Å². The van der Waals surface area contributed by atoms with Crippen LogP contribution in [0.3, 0.4) is 0 Å². The SMILES string of the molecule is CC(C)(C)OC(=O)N1CCC2(CC1)O[C@@H](CN)Cc1ccccc12. The summed E-state index contributed by atoms with van der Waals surface area (Å²) in [6, 6.07) is 8.46. The van der Waals surface area contributed by atoms with Gasteiger partial charge in [0, 0.05) is 26.1 Å². The van der Waals surface area contributed by atoms with Crippen molar-refractivity contribution in [3.63, 3.8) is 0 Å². The van der Waals surface area contributed by atoms with Crippen LogP contribution in [-0.2, 0) is 21.5 Å². The first-order valence-electron chi connectivity index (χ1n) is 8.77. The van der Waals surface area contributed by atoms with Crippen LogP contribution >= 0.6 is 0 Å². The number of fused-ring (bicyclic) bond motifs is 2. The zero-order valence-electron chi connectivity index (χ0n) is 14.9. The number of piperidine rings is 1. The van der Waals surface area contributed by atoms with E-state index in [9.17, 15) is 4.79 Å². The lowest BCUT2D eigenvalue weighted by molar-refractivity contribution is -0.135. The van der Waals surface area contributed by atoms with Gasteiger partial charge in [0.25, 0.3) is 0 Å². The molecule has 0 radical (unpaired) electrons. The molecule has 1 fully saturated rings. The van der Waals surface area contributed by atoms with Gasteiger partial charge < -0.3 is 20.1 Å². The minimum atomic E-state index is -0.467.